The molecule has 1 amide bonds. The summed E-state index contributed by atoms with van der Waals surface area (Å²) in [6, 6.07) is -1.21. The molecule has 0 aromatic rings. The number of hydrogen-bond acceptors (Lipinski definition) is 11. The van der Waals surface area contributed by atoms with Crippen molar-refractivity contribution in [3.8, 4) is 0 Å². The molecule has 0 spiro atoms. The van der Waals surface area contributed by atoms with E-state index in [-0.39, 0.29) is 5.84 Å². The van der Waals surface area contributed by atoms with E-state index in [0.717, 1.165) is 11.8 Å². The Bertz CT molecular complexity index is 861. The van der Waals surface area contributed by atoms with E-state index in [4.69, 9.17) is 0 Å². The molecule has 3 N–H and O–H groups in total. The van der Waals surface area contributed by atoms with E-state index in [9.17, 15) is 24.9 Å². The van der Waals surface area contributed by atoms with Gasteiger partial charge < -0.3 is 20.2 Å². The van der Waals surface area contributed by atoms with Crippen molar-refractivity contribution in [2.45, 2.75) is 40.0 Å². The quantitative estimate of drug-likeness (QED) is 0.386. The molecular weight excluding hydrogens is 426 g/mol. The van der Waals surface area contributed by atoms with Gasteiger partial charge in [0.15, 0.2) is 11.9 Å². The number of aliphatic hydroxyl groups excluding tert-OH is 1. The van der Waals surface area contributed by atoms with Crippen LogP contribution in [0, 0.1) is 5.92 Å². The third-order valence-corrected chi connectivity index (χ3v) is 9.60. The number of aliphatic carboxylic acids is 1. The van der Waals surface area contributed by atoms with Crippen molar-refractivity contribution < 1.29 is 24.9 Å². The fourth-order valence-corrected chi connectivity index (χ4v) is 9.35. The normalized spacial score (nSPS) is 39.2. The first kappa shape index (κ1) is 19.9. The van der Waals surface area contributed by atoms with Crippen LogP contribution in [0.5, 0.6) is 0 Å². The number of fused-ring (bicyclic) bond motifs is 2. The number of aliphatic imine (C=N–C) groups is 4. The van der Waals surface area contributed by atoms with E-state index in [2.05, 4.69) is 20.0 Å². The van der Waals surface area contributed by atoms with Gasteiger partial charge in [0.2, 0.25) is 5.91 Å². The molecule has 0 bridgehead atoms. The number of carbonyl (C=O) groups is 2. The summed E-state index contributed by atoms with van der Waals surface area (Å²) in [5.41, 5.74) is 0.421. The fraction of sp³-hybridized carbons (Fsp3) is 0.600. The monoisotopic (exact) mass is 443 g/mol. The number of aliphatic hydroxyl groups is 2. The third kappa shape index (κ3) is 2.91. The van der Waals surface area contributed by atoms with E-state index in [1.807, 2.05) is 6.92 Å². The molecule has 28 heavy (non-hydrogen) atoms. The number of amides is 1. The first-order valence-electron chi connectivity index (χ1n) is 8.44. The van der Waals surface area contributed by atoms with Crippen molar-refractivity contribution in [1.82, 2.24) is 4.90 Å². The van der Waals surface area contributed by atoms with Gasteiger partial charge in [0.25, 0.3) is 0 Å². The minimum Gasteiger partial charge on any atom is -0.480 e. The summed E-state index contributed by atoms with van der Waals surface area (Å²) in [7, 11) is 0. The second kappa shape index (κ2) is 6.83. The van der Waals surface area contributed by atoms with Crippen LogP contribution in [0.1, 0.15) is 13.8 Å². The van der Waals surface area contributed by atoms with Crippen LogP contribution in [0.2, 0.25) is 0 Å². The summed E-state index contributed by atoms with van der Waals surface area (Å²) in [5, 5.41) is 28.3. The summed E-state index contributed by atoms with van der Waals surface area (Å²) < 4.78 is -1.17. The van der Waals surface area contributed by atoms with Crippen LogP contribution < -0.4 is 0 Å². The standard InChI is InChI=1S/C15H17N5O5S3/c1-3-26-14(28-15(25)18-4-7-10(19-15)17-5-16-7)9(13(23)24)20-11(22)8(6(2)21)12(20)27-14/h4-6,8-9,12,21,25H,3H2,1-2H3,(H,23,24)/t6?,8-,9?,12+,14?,15?/m0/s1. The minimum atomic E-state index is -1.99. The lowest BCUT2D eigenvalue weighted by Gasteiger charge is -2.44. The predicted molar refractivity (Wildman–Crippen MR) is 110 cm³/mol. The molecule has 4 rings (SSSR count). The molecule has 4 aliphatic rings. The Morgan fingerprint density at radius 2 is 2.25 bits per heavy atom. The lowest BCUT2D eigenvalue weighted by Crippen LogP contribution is -2.65. The lowest BCUT2D eigenvalue weighted by molar-refractivity contribution is -0.166. The van der Waals surface area contributed by atoms with E-state index in [1.54, 1.807) is 0 Å². The van der Waals surface area contributed by atoms with Crippen molar-refractivity contribution in [2.24, 2.45) is 25.9 Å². The number of carbonyl (C=O) groups excluding carboxylic acids is 1. The van der Waals surface area contributed by atoms with Gasteiger partial charge in [-0.15, -0.1) is 23.5 Å². The topological polar surface area (TPSA) is 148 Å². The molecule has 4 unspecified atom stereocenters. The Morgan fingerprint density at radius 1 is 1.50 bits per heavy atom. The van der Waals surface area contributed by atoms with Gasteiger partial charge in [0, 0.05) is 0 Å². The zero-order valence-corrected chi connectivity index (χ0v) is 17.2. The van der Waals surface area contributed by atoms with E-state index in [0.29, 0.717) is 11.5 Å². The molecule has 6 atom stereocenters. The maximum Gasteiger partial charge on any atom is 0.329 e. The zero-order valence-electron chi connectivity index (χ0n) is 14.8. The van der Waals surface area contributed by atoms with Gasteiger partial charge in [-0.25, -0.2) is 19.8 Å². The zero-order chi connectivity index (χ0) is 20.3. The smallest absolute Gasteiger partial charge is 0.329 e. The molecule has 0 radical (unpaired) electrons. The molecule has 4 heterocycles. The summed E-state index contributed by atoms with van der Waals surface area (Å²) in [4.78, 5) is 42.1. The van der Waals surface area contributed by atoms with Crippen LogP contribution in [0.15, 0.2) is 20.0 Å². The van der Waals surface area contributed by atoms with Crippen LogP contribution in [-0.4, -0.2) is 88.1 Å². The van der Waals surface area contributed by atoms with Crippen LogP contribution in [0.25, 0.3) is 0 Å². The van der Waals surface area contributed by atoms with Crippen LogP contribution in [0.3, 0.4) is 0 Å². The Kier molecular flexibility index (Phi) is 4.85. The summed E-state index contributed by atoms with van der Waals surface area (Å²) in [6.07, 6.45) is 1.75. The Hall–Kier alpha value is -1.41. The molecule has 2 saturated heterocycles. The van der Waals surface area contributed by atoms with Gasteiger partial charge in [-0.2, -0.15) is 4.99 Å². The molecule has 150 valence electrons. The summed E-state index contributed by atoms with van der Waals surface area (Å²) in [5.74, 6) is -1.50. The fourth-order valence-electron chi connectivity index (χ4n) is 3.45. The number of amidine groups is 1. The van der Waals surface area contributed by atoms with Crippen molar-refractivity contribution in [1.29, 1.82) is 0 Å². The maximum atomic E-state index is 12.5. The number of β-lactam (4-membered cyclic amide) rings is 1. The summed E-state index contributed by atoms with van der Waals surface area (Å²) in [6.45, 7) is 3.38. The lowest BCUT2D eigenvalue weighted by atomic mass is 9.91. The maximum absolute atomic E-state index is 12.5. The Labute approximate surface area is 172 Å². The Balaban J connectivity index is 1.71. The number of rotatable bonds is 6. The van der Waals surface area contributed by atoms with Crippen molar-refractivity contribution in [3.05, 3.63) is 0 Å². The number of hydrogen-bond donors (Lipinski definition) is 3. The molecular formula is C15H17N5O5S3. The van der Waals surface area contributed by atoms with E-state index >= 15 is 0 Å². The van der Waals surface area contributed by atoms with E-state index in [1.165, 1.54) is 47.9 Å². The summed E-state index contributed by atoms with van der Waals surface area (Å²) >= 11 is 3.41. The highest BCUT2D eigenvalue weighted by Gasteiger charge is 2.70. The molecule has 13 heteroatoms. The van der Waals surface area contributed by atoms with Gasteiger partial charge in [0.05, 0.1) is 23.6 Å². The van der Waals surface area contributed by atoms with Gasteiger partial charge in [-0.1, -0.05) is 6.92 Å². The van der Waals surface area contributed by atoms with Gasteiger partial charge in [-0.05, 0) is 24.4 Å². The highest BCUT2D eigenvalue weighted by Crippen LogP contribution is 2.65. The first-order valence-corrected chi connectivity index (χ1v) is 11.1. The van der Waals surface area contributed by atoms with Crippen molar-refractivity contribution in [3.63, 3.8) is 0 Å². The van der Waals surface area contributed by atoms with Crippen molar-refractivity contribution >= 4 is 71.3 Å². The molecule has 0 aliphatic carbocycles. The van der Waals surface area contributed by atoms with Gasteiger partial charge >= 0.3 is 11.2 Å². The number of carboxylic acid groups (broad SMARTS) is 1. The second-order valence-electron chi connectivity index (χ2n) is 6.43. The first-order chi connectivity index (χ1) is 13.2. The highest BCUT2D eigenvalue weighted by molar-refractivity contribution is 8.34. The molecule has 10 nitrogen and oxygen atoms in total. The number of nitrogens with zero attached hydrogens (tertiary/aromatic N) is 5. The predicted octanol–water partition coefficient (Wildman–Crippen LogP) is 0.0612. The van der Waals surface area contributed by atoms with Crippen molar-refractivity contribution in [2.75, 3.05) is 5.75 Å². The molecule has 0 aromatic heterocycles. The van der Waals surface area contributed by atoms with Crippen LogP contribution >= 0.6 is 35.3 Å². The molecule has 4 aliphatic heterocycles. The highest BCUT2D eigenvalue weighted by atomic mass is 32.3. The SMILES string of the molecule is CCSC1(SC2(O)N=CC3=NC=NC3=N2)S[C@@H]2[C@@H](C(C)O)C(=O)N2C1C(=O)O. The van der Waals surface area contributed by atoms with E-state index < -0.39 is 43.9 Å². The van der Waals surface area contributed by atoms with Gasteiger partial charge in [0.1, 0.15) is 15.5 Å². The van der Waals surface area contributed by atoms with Crippen LogP contribution in [-0.2, 0) is 9.59 Å². The largest absolute Gasteiger partial charge is 0.480 e. The second-order valence-corrected chi connectivity index (χ2v) is 11.5. The third-order valence-electron chi connectivity index (χ3n) is 4.61. The molecule has 2 fully saturated rings. The van der Waals surface area contributed by atoms with Crippen LogP contribution in [0.4, 0.5) is 0 Å². The average Bonchev–Trinajstić information content (AvgIpc) is 3.15. The minimum absolute atomic E-state index is 0.220. The number of thioether (sulfide) groups is 3. The molecule has 0 saturated carbocycles. The number of carboxylic acids is 1. The average molecular weight is 444 g/mol. The Morgan fingerprint density at radius 3 is 2.89 bits per heavy atom. The van der Waals surface area contributed by atoms with Gasteiger partial charge in [-0.3, -0.25) is 4.79 Å². The molecule has 0 aromatic carbocycles.